The molecule has 1 rings (SSSR count). The van der Waals surface area contributed by atoms with Gasteiger partial charge < -0.3 is 14.8 Å². The van der Waals surface area contributed by atoms with Crippen molar-refractivity contribution < 1.29 is 9.52 Å². The lowest BCUT2D eigenvalue weighted by molar-refractivity contribution is 0.162. The number of aliphatic hydroxyl groups is 1. The first-order valence-corrected chi connectivity index (χ1v) is 5.41. The molecule has 1 unspecified atom stereocenters. The number of aliphatic hydroxyl groups excluding tert-OH is 1. The summed E-state index contributed by atoms with van der Waals surface area (Å²) in [5, 5.41) is 12.6. The molecule has 3 nitrogen and oxygen atoms in total. The smallest absolute Gasteiger partial charge is 0.126 e. The number of hydrogen-bond acceptors (Lipinski definition) is 3. The second-order valence-corrected chi connectivity index (χ2v) is 3.52. The fraction of sp³-hybridized carbons (Fsp3) is 0.500. The van der Waals surface area contributed by atoms with Gasteiger partial charge in [-0.2, -0.15) is 0 Å². The Morgan fingerprint density at radius 2 is 2.47 bits per heavy atom. The SMILES string of the molecule is CCCC(O)CNC/C=C/c1ccco1. The highest BCUT2D eigenvalue weighted by Crippen LogP contribution is 2.01. The van der Waals surface area contributed by atoms with Gasteiger partial charge in [-0.1, -0.05) is 19.4 Å². The summed E-state index contributed by atoms with van der Waals surface area (Å²) in [5.74, 6) is 0.853. The van der Waals surface area contributed by atoms with Gasteiger partial charge in [0.15, 0.2) is 0 Å². The Hall–Kier alpha value is -1.06. The normalized spacial score (nSPS) is 13.5. The first-order valence-electron chi connectivity index (χ1n) is 5.41. The lowest BCUT2D eigenvalue weighted by Crippen LogP contribution is -2.26. The van der Waals surface area contributed by atoms with E-state index in [2.05, 4.69) is 12.2 Å². The molecule has 2 N–H and O–H groups in total. The summed E-state index contributed by atoms with van der Waals surface area (Å²) in [6.07, 6.45) is 7.20. The van der Waals surface area contributed by atoms with Crippen LogP contribution in [0.2, 0.25) is 0 Å². The predicted octanol–water partition coefficient (Wildman–Crippen LogP) is 2.04. The lowest BCUT2D eigenvalue weighted by atomic mass is 10.2. The monoisotopic (exact) mass is 209 g/mol. The molecule has 0 radical (unpaired) electrons. The second kappa shape index (κ2) is 7.26. The van der Waals surface area contributed by atoms with Gasteiger partial charge in [-0.05, 0) is 24.6 Å². The second-order valence-electron chi connectivity index (χ2n) is 3.52. The van der Waals surface area contributed by atoms with Gasteiger partial charge in [0.1, 0.15) is 5.76 Å². The minimum atomic E-state index is -0.230. The van der Waals surface area contributed by atoms with Crippen LogP contribution in [0.5, 0.6) is 0 Å². The van der Waals surface area contributed by atoms with E-state index < -0.39 is 0 Å². The first kappa shape index (κ1) is 12.0. The van der Waals surface area contributed by atoms with Crippen molar-refractivity contribution in [2.24, 2.45) is 0 Å². The number of hydrogen-bond donors (Lipinski definition) is 2. The molecule has 0 fully saturated rings. The molecular formula is C12H19NO2. The molecule has 1 aromatic heterocycles. The van der Waals surface area contributed by atoms with E-state index in [1.807, 2.05) is 24.3 Å². The number of furan rings is 1. The van der Waals surface area contributed by atoms with Crippen LogP contribution in [0.25, 0.3) is 6.08 Å². The van der Waals surface area contributed by atoms with Crippen LogP contribution < -0.4 is 5.32 Å². The van der Waals surface area contributed by atoms with Crippen molar-refractivity contribution in [2.75, 3.05) is 13.1 Å². The van der Waals surface area contributed by atoms with Gasteiger partial charge in [-0.15, -0.1) is 0 Å². The summed E-state index contributed by atoms with van der Waals surface area (Å²) >= 11 is 0. The molecule has 1 atom stereocenters. The Bertz CT molecular complexity index is 267. The fourth-order valence-electron chi connectivity index (χ4n) is 1.33. The van der Waals surface area contributed by atoms with Crippen molar-refractivity contribution in [2.45, 2.75) is 25.9 Å². The van der Waals surface area contributed by atoms with Crippen molar-refractivity contribution in [1.29, 1.82) is 0 Å². The minimum Gasteiger partial charge on any atom is -0.465 e. The maximum Gasteiger partial charge on any atom is 0.126 e. The molecule has 84 valence electrons. The third kappa shape index (κ3) is 5.40. The van der Waals surface area contributed by atoms with E-state index in [0.717, 1.165) is 25.1 Å². The third-order valence-corrected chi connectivity index (χ3v) is 2.09. The van der Waals surface area contributed by atoms with E-state index >= 15 is 0 Å². The maximum absolute atomic E-state index is 9.43. The van der Waals surface area contributed by atoms with Crippen molar-refractivity contribution in [3.63, 3.8) is 0 Å². The summed E-state index contributed by atoms with van der Waals surface area (Å²) in [5.41, 5.74) is 0. The molecule has 0 spiro atoms. The molecule has 1 aromatic rings. The summed E-state index contributed by atoms with van der Waals surface area (Å²) in [4.78, 5) is 0. The topological polar surface area (TPSA) is 45.4 Å². The Labute approximate surface area is 90.8 Å². The van der Waals surface area contributed by atoms with Crippen LogP contribution >= 0.6 is 0 Å². The molecule has 0 aliphatic heterocycles. The van der Waals surface area contributed by atoms with E-state index in [9.17, 15) is 5.11 Å². The highest BCUT2D eigenvalue weighted by Gasteiger charge is 1.99. The molecule has 0 aromatic carbocycles. The highest BCUT2D eigenvalue weighted by molar-refractivity contribution is 5.42. The van der Waals surface area contributed by atoms with Crippen molar-refractivity contribution in [3.05, 3.63) is 30.2 Å². The molecule has 0 aliphatic carbocycles. The molecule has 15 heavy (non-hydrogen) atoms. The summed E-state index contributed by atoms with van der Waals surface area (Å²) < 4.78 is 5.14. The van der Waals surface area contributed by atoms with Gasteiger partial charge in [0, 0.05) is 13.1 Å². The molecular weight excluding hydrogens is 190 g/mol. The number of rotatable bonds is 7. The maximum atomic E-state index is 9.43. The molecule has 0 aliphatic rings. The van der Waals surface area contributed by atoms with Gasteiger partial charge in [0.05, 0.1) is 12.4 Å². The number of nitrogens with one attached hydrogen (secondary N) is 1. The summed E-state index contributed by atoms with van der Waals surface area (Å²) in [6, 6.07) is 3.76. The van der Waals surface area contributed by atoms with Gasteiger partial charge in [0.2, 0.25) is 0 Å². The van der Waals surface area contributed by atoms with Crippen LogP contribution in [0.4, 0.5) is 0 Å². The quantitative estimate of drug-likeness (QED) is 0.675. The predicted molar refractivity (Wildman–Crippen MR) is 61.5 cm³/mol. The first-order chi connectivity index (χ1) is 7.33. The zero-order chi connectivity index (χ0) is 10.9. The van der Waals surface area contributed by atoms with Gasteiger partial charge in [-0.25, -0.2) is 0 Å². The Morgan fingerprint density at radius 3 is 3.13 bits per heavy atom. The van der Waals surface area contributed by atoms with Crippen LogP contribution in [0.3, 0.4) is 0 Å². The summed E-state index contributed by atoms with van der Waals surface area (Å²) in [7, 11) is 0. The van der Waals surface area contributed by atoms with E-state index in [4.69, 9.17) is 4.42 Å². The van der Waals surface area contributed by atoms with Crippen LogP contribution in [-0.4, -0.2) is 24.3 Å². The fourth-order valence-corrected chi connectivity index (χ4v) is 1.33. The zero-order valence-corrected chi connectivity index (χ0v) is 9.15. The lowest BCUT2D eigenvalue weighted by Gasteiger charge is -2.08. The molecule has 0 bridgehead atoms. The summed E-state index contributed by atoms with van der Waals surface area (Å²) in [6.45, 7) is 3.47. The Kier molecular flexibility index (Phi) is 5.81. The van der Waals surface area contributed by atoms with Crippen molar-refractivity contribution in [3.8, 4) is 0 Å². The van der Waals surface area contributed by atoms with Gasteiger partial charge in [0.25, 0.3) is 0 Å². The zero-order valence-electron chi connectivity index (χ0n) is 9.15. The third-order valence-electron chi connectivity index (χ3n) is 2.09. The van der Waals surface area contributed by atoms with Crippen LogP contribution in [0, 0.1) is 0 Å². The van der Waals surface area contributed by atoms with Gasteiger partial charge in [-0.3, -0.25) is 0 Å². The Balaban J connectivity index is 2.06. The molecule has 0 amide bonds. The average Bonchev–Trinajstić information content (AvgIpc) is 2.70. The van der Waals surface area contributed by atoms with E-state index in [1.54, 1.807) is 6.26 Å². The molecule has 0 saturated heterocycles. The molecule has 1 heterocycles. The standard InChI is InChI=1S/C12H19NO2/c1-2-5-11(14)10-13-8-3-6-12-7-4-9-15-12/h3-4,6-7,9,11,13-14H,2,5,8,10H2,1H3/b6-3+. The van der Waals surface area contributed by atoms with Crippen LogP contribution in [0.1, 0.15) is 25.5 Å². The van der Waals surface area contributed by atoms with Crippen LogP contribution in [0.15, 0.2) is 28.9 Å². The van der Waals surface area contributed by atoms with Crippen LogP contribution in [-0.2, 0) is 0 Å². The Morgan fingerprint density at radius 1 is 1.60 bits per heavy atom. The largest absolute Gasteiger partial charge is 0.465 e. The van der Waals surface area contributed by atoms with E-state index in [0.29, 0.717) is 6.54 Å². The molecule has 3 heteroatoms. The highest BCUT2D eigenvalue weighted by atomic mass is 16.3. The van der Waals surface area contributed by atoms with E-state index in [-0.39, 0.29) is 6.10 Å². The van der Waals surface area contributed by atoms with E-state index in [1.165, 1.54) is 0 Å². The van der Waals surface area contributed by atoms with Crippen molar-refractivity contribution in [1.82, 2.24) is 5.32 Å². The minimum absolute atomic E-state index is 0.230. The molecule has 0 saturated carbocycles. The van der Waals surface area contributed by atoms with Gasteiger partial charge >= 0.3 is 0 Å². The van der Waals surface area contributed by atoms with Crippen molar-refractivity contribution >= 4 is 6.08 Å². The average molecular weight is 209 g/mol.